The van der Waals surface area contributed by atoms with Crippen LogP contribution in [0, 0.1) is 17.8 Å². The minimum absolute atomic E-state index is 0.0276. The number of rotatable bonds is 7. The van der Waals surface area contributed by atoms with E-state index in [0.29, 0.717) is 32.7 Å². The first kappa shape index (κ1) is 40.9. The number of imidazole rings is 2. The van der Waals surface area contributed by atoms with Gasteiger partial charge in [-0.15, -0.1) is 0 Å². The monoisotopic (exact) mass is 858 g/mol. The van der Waals surface area contributed by atoms with E-state index in [1.165, 1.54) is 14.2 Å². The van der Waals surface area contributed by atoms with E-state index in [4.69, 9.17) is 28.9 Å². The van der Waals surface area contributed by atoms with Gasteiger partial charge in [0.1, 0.15) is 36.1 Å². The molecule has 0 spiro atoms. The summed E-state index contributed by atoms with van der Waals surface area (Å²) >= 11 is 0. The Kier molecular flexibility index (Phi) is 10.5. The van der Waals surface area contributed by atoms with E-state index in [0.717, 1.165) is 92.8 Å². The lowest BCUT2D eigenvalue weighted by molar-refractivity contribution is -0.145. The Bertz CT molecular complexity index is 2620. The number of likely N-dealkylation sites (tertiary alicyclic amines) is 1. The van der Waals surface area contributed by atoms with E-state index in [-0.39, 0.29) is 53.7 Å². The molecule has 5 aliphatic heterocycles. The number of hydrogen-bond donors (Lipinski definition) is 4. The standard InChI is InChI=1S/C47H54N8O8/c1-23-6-11-37(54(23)45(57)40(53-47(59)61-5)26-14-16-62-17-15-26)43-49-33-10-8-27-19-32-30-9-7-28(18-29(30)22-63-38(32)20-31(27)41(33)51-43)34-21-48-42(50-34)36-13-12-35-24(2)25(3)39(44(56)55(35)36)52-46(58)60-4/h7-10,18-21,23-26,35-37,39-40H,6,11-17,22H2,1-5H3,(H,48,50)(H,49,51)(H,52,58)(H,53,59)/t23-,24?,25?,35+,36-,37-,39-,40-/m0/s1. The molecule has 4 fully saturated rings. The summed E-state index contributed by atoms with van der Waals surface area (Å²) in [5, 5.41) is 7.60. The number of aromatic nitrogens is 4. The van der Waals surface area contributed by atoms with Crippen LogP contribution in [0.15, 0.2) is 48.7 Å². The fraction of sp³-hybridized carbons (Fsp3) is 0.489. The summed E-state index contributed by atoms with van der Waals surface area (Å²) in [5.74, 6) is 2.10. The zero-order chi connectivity index (χ0) is 43.7. The molecule has 0 saturated carbocycles. The number of fused-ring (bicyclic) bond motifs is 7. The van der Waals surface area contributed by atoms with E-state index in [1.54, 1.807) is 0 Å². The molecule has 5 aromatic rings. The van der Waals surface area contributed by atoms with Gasteiger partial charge in [0, 0.05) is 36.2 Å². The highest BCUT2D eigenvalue weighted by molar-refractivity contribution is 6.07. The fourth-order valence-electron chi connectivity index (χ4n) is 11.0. The normalized spacial score (nSPS) is 26.2. The number of alkyl carbamates (subject to hydrolysis) is 2. The van der Waals surface area contributed by atoms with Crippen LogP contribution >= 0.6 is 0 Å². The molecule has 16 heteroatoms. The topological polar surface area (TPSA) is 193 Å². The Balaban J connectivity index is 0.902. The Labute approximate surface area is 364 Å². The number of carbonyl (C=O) groups is 4. The first-order valence-corrected chi connectivity index (χ1v) is 22.2. The molecule has 7 heterocycles. The molecule has 63 heavy (non-hydrogen) atoms. The van der Waals surface area contributed by atoms with Crippen LogP contribution in [-0.2, 0) is 30.4 Å². The molecule has 10 rings (SSSR count). The average Bonchev–Trinajstić information content (AvgIpc) is 4.14. The van der Waals surface area contributed by atoms with Crippen LogP contribution in [0.5, 0.6) is 5.75 Å². The molecule has 0 radical (unpaired) electrons. The maximum absolute atomic E-state index is 14.4. The first-order valence-electron chi connectivity index (χ1n) is 22.2. The molecule has 8 atom stereocenters. The van der Waals surface area contributed by atoms with Gasteiger partial charge in [-0.3, -0.25) is 9.59 Å². The Hall–Kier alpha value is -6.16. The number of nitrogens with zero attached hydrogens (tertiary/aromatic N) is 4. The molecule has 16 nitrogen and oxygen atoms in total. The van der Waals surface area contributed by atoms with Gasteiger partial charge in [0.15, 0.2) is 0 Å². The predicted molar refractivity (Wildman–Crippen MR) is 232 cm³/mol. The van der Waals surface area contributed by atoms with Crippen LogP contribution in [0.4, 0.5) is 9.59 Å². The molecule has 4 amide bonds. The Morgan fingerprint density at radius 1 is 0.857 bits per heavy atom. The maximum atomic E-state index is 14.4. The molecule has 330 valence electrons. The van der Waals surface area contributed by atoms with Crippen molar-refractivity contribution in [2.24, 2.45) is 17.8 Å². The number of benzene rings is 3. The second-order valence-corrected chi connectivity index (χ2v) is 18.0. The van der Waals surface area contributed by atoms with Gasteiger partial charge in [-0.25, -0.2) is 19.6 Å². The number of aromatic amines is 2. The molecule has 2 aromatic heterocycles. The van der Waals surface area contributed by atoms with Crippen LogP contribution in [0.25, 0.3) is 44.2 Å². The van der Waals surface area contributed by atoms with Crippen molar-refractivity contribution in [1.29, 1.82) is 0 Å². The van der Waals surface area contributed by atoms with Crippen LogP contribution in [-0.4, -0.2) is 105 Å². The zero-order valence-corrected chi connectivity index (χ0v) is 36.2. The third-order valence-corrected chi connectivity index (χ3v) is 14.7. The van der Waals surface area contributed by atoms with E-state index in [1.807, 2.05) is 29.0 Å². The van der Waals surface area contributed by atoms with E-state index in [2.05, 4.69) is 70.8 Å². The van der Waals surface area contributed by atoms with Gasteiger partial charge in [-0.1, -0.05) is 32.0 Å². The van der Waals surface area contributed by atoms with Gasteiger partial charge < -0.3 is 49.3 Å². The highest BCUT2D eigenvalue weighted by atomic mass is 16.5. The minimum Gasteiger partial charge on any atom is -0.488 e. The van der Waals surface area contributed by atoms with Gasteiger partial charge >= 0.3 is 12.2 Å². The molecule has 4 N–H and O–H groups in total. The number of carbonyl (C=O) groups excluding carboxylic acids is 4. The Morgan fingerprint density at radius 2 is 1.65 bits per heavy atom. The first-order chi connectivity index (χ1) is 30.5. The van der Waals surface area contributed by atoms with Gasteiger partial charge in [0.2, 0.25) is 11.8 Å². The molecular formula is C47H54N8O8. The van der Waals surface area contributed by atoms with Crippen molar-refractivity contribution >= 4 is 45.8 Å². The molecule has 3 aromatic carbocycles. The largest absolute Gasteiger partial charge is 0.488 e. The summed E-state index contributed by atoms with van der Waals surface area (Å²) in [4.78, 5) is 73.7. The van der Waals surface area contributed by atoms with Crippen LogP contribution in [0.1, 0.15) is 88.6 Å². The number of nitrogens with one attached hydrogen (secondary N) is 4. The van der Waals surface area contributed by atoms with Crippen molar-refractivity contribution < 1.29 is 38.1 Å². The Morgan fingerprint density at radius 3 is 2.44 bits per heavy atom. The summed E-state index contributed by atoms with van der Waals surface area (Å²) in [6, 6.07) is 12.9. The highest BCUT2D eigenvalue weighted by Crippen LogP contribution is 2.46. The van der Waals surface area contributed by atoms with Crippen LogP contribution in [0.2, 0.25) is 0 Å². The number of amides is 4. The van der Waals surface area contributed by atoms with Crippen molar-refractivity contribution in [2.45, 2.75) is 102 Å². The SMILES string of the molecule is COC(=O)N[C@H](C(=O)N1[C@@H](C)CC[C@H]1c1nc2c(ccc3cc4c(cc32)OCc2cc(-c3cnc([C@@H]5CC[C@@H]6C(C)C(C)[C@H](NC(=O)OC)C(=O)N65)[nH]3)ccc2-4)[nH]1)C1CCOCC1. The average molecular weight is 859 g/mol. The third kappa shape index (κ3) is 7.02. The van der Waals surface area contributed by atoms with Gasteiger partial charge in [0.05, 0.1) is 49.2 Å². The molecule has 2 unspecified atom stereocenters. The maximum Gasteiger partial charge on any atom is 0.407 e. The summed E-state index contributed by atoms with van der Waals surface area (Å²) < 4.78 is 21.8. The van der Waals surface area contributed by atoms with Crippen molar-refractivity contribution in [3.8, 4) is 28.1 Å². The number of piperidine rings is 1. The smallest absolute Gasteiger partial charge is 0.407 e. The molecule has 4 saturated heterocycles. The van der Waals surface area contributed by atoms with E-state index < -0.39 is 24.3 Å². The van der Waals surface area contributed by atoms with Gasteiger partial charge in [-0.05, 0) is 110 Å². The predicted octanol–water partition coefficient (Wildman–Crippen LogP) is 6.91. The third-order valence-electron chi connectivity index (χ3n) is 14.7. The lowest BCUT2D eigenvalue weighted by Crippen LogP contribution is -2.61. The quantitative estimate of drug-likeness (QED) is 0.134. The summed E-state index contributed by atoms with van der Waals surface area (Å²) in [5.41, 5.74) is 6.62. The highest BCUT2D eigenvalue weighted by Gasteiger charge is 2.51. The minimum atomic E-state index is -0.721. The zero-order valence-electron chi connectivity index (χ0n) is 36.2. The van der Waals surface area contributed by atoms with Crippen molar-refractivity contribution in [2.75, 3.05) is 27.4 Å². The molecule has 5 aliphatic rings. The number of methoxy groups -OCH3 is 2. The summed E-state index contributed by atoms with van der Waals surface area (Å²) in [6.07, 6.45) is 5.17. The van der Waals surface area contributed by atoms with E-state index >= 15 is 0 Å². The van der Waals surface area contributed by atoms with Gasteiger partial charge in [0.25, 0.3) is 0 Å². The number of ether oxygens (including phenoxy) is 4. The number of hydrogen-bond acceptors (Lipinski definition) is 10. The van der Waals surface area contributed by atoms with Gasteiger partial charge in [-0.2, -0.15) is 0 Å². The van der Waals surface area contributed by atoms with Crippen molar-refractivity contribution in [1.82, 2.24) is 40.4 Å². The fourth-order valence-corrected chi connectivity index (χ4v) is 11.0. The summed E-state index contributed by atoms with van der Waals surface area (Å²) in [6.45, 7) is 7.69. The lowest BCUT2D eigenvalue weighted by Gasteiger charge is -2.45. The molecule has 0 aliphatic carbocycles. The number of H-pyrrole nitrogens is 2. The lowest BCUT2D eigenvalue weighted by atomic mass is 9.78. The second-order valence-electron chi connectivity index (χ2n) is 18.0. The van der Waals surface area contributed by atoms with Crippen LogP contribution < -0.4 is 15.4 Å². The second kappa shape index (κ2) is 16.2. The van der Waals surface area contributed by atoms with Crippen molar-refractivity contribution in [3.63, 3.8) is 0 Å². The summed E-state index contributed by atoms with van der Waals surface area (Å²) in [7, 11) is 2.62. The molecule has 0 bridgehead atoms. The van der Waals surface area contributed by atoms with Crippen molar-refractivity contribution in [3.05, 3.63) is 65.9 Å². The molecular weight excluding hydrogens is 805 g/mol. The van der Waals surface area contributed by atoms with Crippen LogP contribution in [0.3, 0.4) is 0 Å². The van der Waals surface area contributed by atoms with E-state index in [9.17, 15) is 19.2 Å².